The van der Waals surface area contributed by atoms with Gasteiger partial charge >= 0.3 is 0 Å². The molecule has 22 heavy (non-hydrogen) atoms. The summed E-state index contributed by atoms with van der Waals surface area (Å²) in [7, 11) is 0. The second-order valence-electron chi connectivity index (χ2n) is 5.92. The predicted molar refractivity (Wildman–Crippen MR) is 89.1 cm³/mol. The van der Waals surface area contributed by atoms with E-state index in [9.17, 15) is 4.79 Å². The molecule has 1 atom stereocenters. The molecule has 2 rings (SSSR count). The minimum absolute atomic E-state index is 0.123. The Balaban J connectivity index is 1.76. The average Bonchev–Trinajstić information content (AvgIpc) is 2.58. The van der Waals surface area contributed by atoms with Crippen molar-refractivity contribution in [3.8, 4) is 0 Å². The molecule has 120 valence electrons. The van der Waals surface area contributed by atoms with Crippen LogP contribution in [0.3, 0.4) is 0 Å². The third-order valence-corrected chi connectivity index (χ3v) is 4.77. The molecule has 1 aromatic heterocycles. The Morgan fingerprint density at radius 3 is 2.64 bits per heavy atom. The maximum absolute atomic E-state index is 12.3. The predicted octanol–water partition coefficient (Wildman–Crippen LogP) is 3.19. The van der Waals surface area contributed by atoms with E-state index in [0.717, 1.165) is 37.7 Å². The number of nitrogens with one attached hydrogen (secondary N) is 2. The Hall–Kier alpha value is -1.39. The van der Waals surface area contributed by atoms with Gasteiger partial charge in [0.05, 0.1) is 0 Å². The van der Waals surface area contributed by atoms with Gasteiger partial charge in [-0.2, -0.15) is 0 Å². The van der Waals surface area contributed by atoms with Gasteiger partial charge in [-0.15, -0.1) is 6.58 Å². The number of hydrogen-bond acceptors (Lipinski definition) is 3. The molecule has 2 N–H and O–H groups in total. The van der Waals surface area contributed by atoms with Gasteiger partial charge in [-0.25, -0.2) is 4.84 Å². The van der Waals surface area contributed by atoms with Crippen molar-refractivity contribution in [2.45, 2.75) is 44.7 Å². The van der Waals surface area contributed by atoms with Gasteiger partial charge in [0, 0.05) is 30.9 Å². The highest BCUT2D eigenvalue weighted by atomic mass is 35.5. The molecule has 1 aliphatic carbocycles. The van der Waals surface area contributed by atoms with Crippen LogP contribution in [0, 0.1) is 11.8 Å². The Kier molecular flexibility index (Phi) is 6.87. The van der Waals surface area contributed by atoms with Crippen LogP contribution in [0.2, 0.25) is 0 Å². The van der Waals surface area contributed by atoms with Gasteiger partial charge in [0.15, 0.2) is 0 Å². The molecule has 5 heteroatoms. The summed E-state index contributed by atoms with van der Waals surface area (Å²) in [5.41, 5.74) is 1.08. The van der Waals surface area contributed by atoms with Crippen LogP contribution in [0.5, 0.6) is 0 Å². The van der Waals surface area contributed by atoms with Gasteiger partial charge in [-0.05, 0) is 67.5 Å². The topological polar surface area (TPSA) is 54.0 Å². The monoisotopic (exact) mass is 321 g/mol. The van der Waals surface area contributed by atoms with E-state index in [1.54, 1.807) is 12.4 Å². The molecular weight excluding hydrogens is 298 g/mol. The highest BCUT2D eigenvalue weighted by Gasteiger charge is 2.29. The summed E-state index contributed by atoms with van der Waals surface area (Å²) in [6.45, 7) is 4.35. The standard InChI is InChI=1S/C17H24ClN3O/c1-2-3-16(21-18)14-4-6-15(7-5-14)17(22)20-12-13-8-10-19-11-9-13/h2,8-11,14-16,21H,1,3-7,12H2,(H,20,22). The first kappa shape index (κ1) is 17.0. The van der Waals surface area contributed by atoms with Crippen LogP contribution in [0.1, 0.15) is 37.7 Å². The Morgan fingerprint density at radius 1 is 1.36 bits per heavy atom. The zero-order valence-corrected chi connectivity index (χ0v) is 13.6. The van der Waals surface area contributed by atoms with Crippen LogP contribution in [0.4, 0.5) is 0 Å². The van der Waals surface area contributed by atoms with Crippen molar-refractivity contribution in [2.75, 3.05) is 0 Å². The number of carbonyl (C=O) groups is 1. The van der Waals surface area contributed by atoms with Crippen molar-refractivity contribution in [1.82, 2.24) is 15.1 Å². The number of carbonyl (C=O) groups excluding carboxylic acids is 1. The number of pyridine rings is 1. The molecule has 4 nitrogen and oxygen atoms in total. The van der Waals surface area contributed by atoms with Crippen LogP contribution in [-0.2, 0) is 11.3 Å². The largest absolute Gasteiger partial charge is 0.352 e. The summed E-state index contributed by atoms with van der Waals surface area (Å²) < 4.78 is 0. The van der Waals surface area contributed by atoms with Crippen molar-refractivity contribution in [3.63, 3.8) is 0 Å². The van der Waals surface area contributed by atoms with Gasteiger partial charge in [0.2, 0.25) is 5.91 Å². The first-order chi connectivity index (χ1) is 10.7. The maximum atomic E-state index is 12.3. The Labute approximate surface area is 137 Å². The van der Waals surface area contributed by atoms with E-state index in [1.807, 2.05) is 18.2 Å². The summed E-state index contributed by atoms with van der Waals surface area (Å²) >= 11 is 5.81. The molecule has 1 fully saturated rings. The summed E-state index contributed by atoms with van der Waals surface area (Å²) in [5.74, 6) is 0.812. The minimum Gasteiger partial charge on any atom is -0.352 e. The fourth-order valence-electron chi connectivity index (χ4n) is 3.12. The lowest BCUT2D eigenvalue weighted by molar-refractivity contribution is -0.126. The normalized spacial score (nSPS) is 22.8. The van der Waals surface area contributed by atoms with E-state index >= 15 is 0 Å². The molecule has 0 saturated heterocycles. The first-order valence-electron chi connectivity index (χ1n) is 7.88. The van der Waals surface area contributed by atoms with Gasteiger partial charge < -0.3 is 5.32 Å². The average molecular weight is 322 g/mol. The molecule has 0 spiro atoms. The number of rotatable bonds is 7. The molecule has 0 radical (unpaired) electrons. The number of aromatic nitrogens is 1. The maximum Gasteiger partial charge on any atom is 0.223 e. The molecule has 1 heterocycles. The van der Waals surface area contributed by atoms with Gasteiger partial charge in [-0.1, -0.05) is 6.08 Å². The van der Waals surface area contributed by atoms with Gasteiger partial charge in [0.25, 0.3) is 0 Å². The van der Waals surface area contributed by atoms with E-state index in [-0.39, 0.29) is 17.9 Å². The van der Waals surface area contributed by atoms with Gasteiger partial charge in [0.1, 0.15) is 0 Å². The Bertz CT molecular complexity index is 472. The number of nitrogens with zero attached hydrogens (tertiary/aromatic N) is 1. The second-order valence-corrected chi connectivity index (χ2v) is 6.14. The van der Waals surface area contributed by atoms with Crippen molar-refractivity contribution in [2.24, 2.45) is 11.8 Å². The SMILES string of the molecule is C=CCC(NCl)C1CCC(C(=O)NCc2ccncc2)CC1. The van der Waals surface area contributed by atoms with Crippen LogP contribution < -0.4 is 10.2 Å². The van der Waals surface area contributed by atoms with E-state index in [0.29, 0.717) is 12.5 Å². The minimum atomic E-state index is 0.123. The lowest BCUT2D eigenvalue weighted by Gasteiger charge is -2.32. The van der Waals surface area contributed by atoms with Gasteiger partial charge in [-0.3, -0.25) is 9.78 Å². The summed E-state index contributed by atoms with van der Waals surface area (Å²) in [6, 6.07) is 4.10. The van der Waals surface area contributed by atoms with Crippen molar-refractivity contribution in [3.05, 3.63) is 42.7 Å². The molecule has 1 aromatic rings. The second kappa shape index (κ2) is 8.91. The molecule has 0 aliphatic heterocycles. The zero-order valence-electron chi connectivity index (χ0n) is 12.8. The van der Waals surface area contributed by atoms with E-state index in [1.165, 1.54) is 0 Å². The lowest BCUT2D eigenvalue weighted by atomic mass is 9.77. The Morgan fingerprint density at radius 2 is 2.05 bits per heavy atom. The van der Waals surface area contributed by atoms with Crippen LogP contribution >= 0.6 is 11.8 Å². The number of halogens is 1. The fourth-order valence-corrected chi connectivity index (χ4v) is 3.39. The lowest BCUT2D eigenvalue weighted by Crippen LogP contribution is -2.37. The molecule has 0 aromatic carbocycles. The van der Waals surface area contributed by atoms with E-state index in [4.69, 9.17) is 11.8 Å². The molecule has 1 amide bonds. The van der Waals surface area contributed by atoms with Crippen LogP contribution in [0.15, 0.2) is 37.2 Å². The highest BCUT2D eigenvalue weighted by molar-refractivity contribution is 6.13. The number of amides is 1. The number of hydrogen-bond donors (Lipinski definition) is 2. The van der Waals surface area contributed by atoms with Crippen molar-refractivity contribution < 1.29 is 4.79 Å². The molecule has 1 saturated carbocycles. The summed E-state index contributed by atoms with van der Waals surface area (Å²) in [5, 5.41) is 3.03. The molecule has 1 aliphatic rings. The smallest absolute Gasteiger partial charge is 0.223 e. The summed E-state index contributed by atoms with van der Waals surface area (Å²) in [4.78, 5) is 19.1. The van der Waals surface area contributed by atoms with Crippen molar-refractivity contribution in [1.29, 1.82) is 0 Å². The van der Waals surface area contributed by atoms with Crippen LogP contribution in [-0.4, -0.2) is 16.9 Å². The molecule has 0 bridgehead atoms. The van der Waals surface area contributed by atoms with Crippen molar-refractivity contribution >= 4 is 17.7 Å². The molecule has 1 unspecified atom stereocenters. The first-order valence-corrected chi connectivity index (χ1v) is 8.26. The van der Waals surface area contributed by atoms with E-state index in [2.05, 4.69) is 21.7 Å². The van der Waals surface area contributed by atoms with Crippen LogP contribution in [0.25, 0.3) is 0 Å². The fraction of sp³-hybridized carbons (Fsp3) is 0.529. The zero-order chi connectivity index (χ0) is 15.8. The highest BCUT2D eigenvalue weighted by Crippen LogP contribution is 2.32. The quantitative estimate of drug-likeness (QED) is 0.599. The third kappa shape index (κ3) is 4.82. The third-order valence-electron chi connectivity index (χ3n) is 4.49. The molecular formula is C17H24ClN3O. The summed E-state index contributed by atoms with van der Waals surface area (Å²) in [6.07, 6.45) is 10.2. The van der Waals surface area contributed by atoms with E-state index < -0.39 is 0 Å².